The number of carbonyl (C=O) groups excluding carboxylic acids is 4. The topological polar surface area (TPSA) is 79.7 Å². The smallest absolute Gasteiger partial charge is 0.334 e. The Morgan fingerprint density at radius 1 is 1.19 bits per heavy atom. The van der Waals surface area contributed by atoms with Crippen LogP contribution in [0.5, 0.6) is 0 Å². The molecule has 4 amide bonds. The van der Waals surface area contributed by atoms with Crippen LogP contribution in [0.1, 0.15) is 47.4 Å². The van der Waals surface area contributed by atoms with E-state index >= 15 is 0 Å². The number of allylic oxidation sites excluding steroid dienone is 1. The highest BCUT2D eigenvalue weighted by Gasteiger charge is 2.48. The van der Waals surface area contributed by atoms with E-state index in [2.05, 4.69) is 6.58 Å². The number of aryl methyl sites for hydroxylation is 1. The van der Waals surface area contributed by atoms with Crippen molar-refractivity contribution < 1.29 is 19.2 Å². The molecule has 0 atom stereocenters. The number of carbonyl (C=O) groups is 4. The van der Waals surface area contributed by atoms with Crippen molar-refractivity contribution in [2.75, 3.05) is 6.54 Å². The number of Topliss-reactive ketones (excluding diaryl/α,β-unsaturated/α-hetero) is 1. The molecule has 0 N–H and O–H groups in total. The molecule has 0 bridgehead atoms. The fraction of sp³-hybridized carbons (Fsp3) is 0.474. The maximum absolute atomic E-state index is 12.7. The Balaban J connectivity index is 1.80. The molecule has 1 aromatic rings. The Labute approximate surface area is 152 Å². The van der Waals surface area contributed by atoms with Gasteiger partial charge in [0.25, 0.3) is 0 Å². The number of urea groups is 1. The number of amides is 4. The van der Waals surface area contributed by atoms with Gasteiger partial charge in [-0.1, -0.05) is 18.9 Å². The second-order valence-corrected chi connectivity index (χ2v) is 6.89. The van der Waals surface area contributed by atoms with Crippen LogP contribution >= 0.6 is 0 Å². The summed E-state index contributed by atoms with van der Waals surface area (Å²) in [5.74, 6) is -2.07. The van der Waals surface area contributed by atoms with Gasteiger partial charge in [-0.3, -0.25) is 19.3 Å². The molecule has 0 spiro atoms. The van der Waals surface area contributed by atoms with Crippen LogP contribution in [-0.2, 0) is 16.1 Å². The van der Waals surface area contributed by atoms with Gasteiger partial charge in [-0.25, -0.2) is 9.69 Å². The molecule has 0 unspecified atom stereocenters. The number of rotatable bonds is 6. The van der Waals surface area contributed by atoms with Crippen molar-refractivity contribution in [1.82, 2.24) is 14.4 Å². The highest BCUT2D eigenvalue weighted by Crippen LogP contribution is 2.28. The lowest BCUT2D eigenvalue weighted by atomic mass is 10.1. The van der Waals surface area contributed by atoms with Crippen molar-refractivity contribution in [2.24, 2.45) is 0 Å². The molecule has 1 saturated heterocycles. The molecule has 1 aliphatic heterocycles. The summed E-state index contributed by atoms with van der Waals surface area (Å²) in [6.07, 6.45) is 5.04. The first-order valence-corrected chi connectivity index (χ1v) is 8.86. The molecule has 1 saturated carbocycles. The largest absolute Gasteiger partial charge is 0.345 e. The predicted molar refractivity (Wildman–Crippen MR) is 94.6 cm³/mol. The van der Waals surface area contributed by atoms with E-state index in [-0.39, 0.29) is 11.8 Å². The Hall–Kier alpha value is -2.70. The molecule has 7 nitrogen and oxygen atoms in total. The van der Waals surface area contributed by atoms with Crippen molar-refractivity contribution in [2.45, 2.75) is 52.1 Å². The monoisotopic (exact) mass is 357 g/mol. The summed E-state index contributed by atoms with van der Waals surface area (Å²) in [7, 11) is 0. The van der Waals surface area contributed by atoms with Gasteiger partial charge in [-0.2, -0.15) is 0 Å². The number of hydrogen-bond acceptors (Lipinski definition) is 4. The van der Waals surface area contributed by atoms with E-state index in [1.165, 1.54) is 0 Å². The third kappa shape index (κ3) is 2.87. The first-order valence-electron chi connectivity index (χ1n) is 8.86. The molecule has 3 rings (SSSR count). The summed E-state index contributed by atoms with van der Waals surface area (Å²) in [6.45, 7) is 7.55. The minimum Gasteiger partial charge on any atom is -0.345 e. The normalized spacial score (nSPS) is 18.3. The Morgan fingerprint density at radius 3 is 2.46 bits per heavy atom. The lowest BCUT2D eigenvalue weighted by molar-refractivity contribution is -0.143. The van der Waals surface area contributed by atoms with E-state index in [4.69, 9.17) is 0 Å². The number of hydrogen-bond donors (Lipinski definition) is 0. The summed E-state index contributed by atoms with van der Waals surface area (Å²) < 4.78 is 1.93. The zero-order valence-corrected chi connectivity index (χ0v) is 15.2. The molecule has 2 aliphatic rings. The summed E-state index contributed by atoms with van der Waals surface area (Å²) in [5, 5.41) is 0. The van der Waals surface area contributed by atoms with Crippen LogP contribution < -0.4 is 0 Å². The van der Waals surface area contributed by atoms with Crippen molar-refractivity contribution in [1.29, 1.82) is 0 Å². The molecule has 1 aliphatic carbocycles. The number of nitrogens with zero attached hydrogens (tertiary/aromatic N) is 3. The van der Waals surface area contributed by atoms with Gasteiger partial charge < -0.3 is 4.57 Å². The van der Waals surface area contributed by atoms with Gasteiger partial charge in [0.1, 0.15) is 0 Å². The second-order valence-electron chi connectivity index (χ2n) is 6.89. The Kier molecular flexibility index (Phi) is 4.80. The third-order valence-electron chi connectivity index (χ3n) is 5.26. The third-order valence-corrected chi connectivity index (χ3v) is 5.26. The van der Waals surface area contributed by atoms with Gasteiger partial charge in [-0.05, 0) is 32.8 Å². The molecule has 0 radical (unpaired) electrons. The van der Waals surface area contributed by atoms with Gasteiger partial charge in [-0.15, -0.1) is 6.58 Å². The number of imide groups is 2. The van der Waals surface area contributed by atoms with Crippen molar-refractivity contribution in [3.05, 3.63) is 35.7 Å². The summed E-state index contributed by atoms with van der Waals surface area (Å²) in [5.41, 5.74) is 2.11. The summed E-state index contributed by atoms with van der Waals surface area (Å²) in [6, 6.07) is 0.847. The van der Waals surface area contributed by atoms with Crippen LogP contribution in [0, 0.1) is 13.8 Å². The van der Waals surface area contributed by atoms with E-state index in [1.807, 2.05) is 18.4 Å². The maximum atomic E-state index is 12.7. The zero-order valence-electron chi connectivity index (χ0n) is 15.2. The first kappa shape index (κ1) is 18.1. The highest BCUT2D eigenvalue weighted by molar-refractivity contribution is 6.45. The minimum atomic E-state index is -0.907. The average Bonchev–Trinajstić information content (AvgIpc) is 3.27. The molecular weight excluding hydrogens is 334 g/mol. The second kappa shape index (κ2) is 6.90. The molecule has 2 fully saturated rings. The average molecular weight is 357 g/mol. The fourth-order valence-electron chi connectivity index (χ4n) is 3.87. The highest BCUT2D eigenvalue weighted by atomic mass is 16.2. The van der Waals surface area contributed by atoms with Crippen LogP contribution in [0.25, 0.3) is 0 Å². The summed E-state index contributed by atoms with van der Waals surface area (Å²) >= 11 is 0. The van der Waals surface area contributed by atoms with Gasteiger partial charge in [0.2, 0.25) is 0 Å². The molecule has 0 aromatic carbocycles. The minimum absolute atomic E-state index is 0.225. The number of ketones is 1. The quantitative estimate of drug-likeness (QED) is 0.338. The van der Waals surface area contributed by atoms with Crippen molar-refractivity contribution in [3.63, 3.8) is 0 Å². The molecular formula is C19H23N3O4. The van der Waals surface area contributed by atoms with Crippen molar-refractivity contribution >= 4 is 23.6 Å². The van der Waals surface area contributed by atoms with Gasteiger partial charge >= 0.3 is 17.8 Å². The van der Waals surface area contributed by atoms with Crippen molar-refractivity contribution in [3.8, 4) is 0 Å². The van der Waals surface area contributed by atoms with Crippen LogP contribution in [-0.4, -0.2) is 50.6 Å². The standard InChI is InChI=1S/C19H23N3O4/c1-4-9-20-12(2)10-15(13(20)3)16(23)11-21-17(24)18(25)22(19(21)26)14-7-5-6-8-14/h4,10,14H,1,5-9,11H2,2-3H3. The molecule has 26 heavy (non-hydrogen) atoms. The van der Waals surface area contributed by atoms with E-state index in [0.29, 0.717) is 12.1 Å². The van der Waals surface area contributed by atoms with Crippen LogP contribution in [0.2, 0.25) is 0 Å². The van der Waals surface area contributed by atoms with E-state index in [1.54, 1.807) is 12.1 Å². The fourth-order valence-corrected chi connectivity index (χ4v) is 3.87. The zero-order chi connectivity index (χ0) is 19.0. The van der Waals surface area contributed by atoms with E-state index in [0.717, 1.165) is 46.9 Å². The molecule has 1 aromatic heterocycles. The van der Waals surface area contributed by atoms with Gasteiger partial charge in [0, 0.05) is 29.5 Å². The maximum Gasteiger partial charge on any atom is 0.334 e. The predicted octanol–water partition coefficient (Wildman–Crippen LogP) is 2.21. The Bertz CT molecular complexity index is 802. The van der Waals surface area contributed by atoms with Gasteiger partial charge in [0.05, 0.1) is 6.54 Å². The van der Waals surface area contributed by atoms with E-state index < -0.39 is 24.4 Å². The number of aromatic nitrogens is 1. The SMILES string of the molecule is C=CCn1c(C)cc(C(=O)CN2C(=O)C(=O)N(C3CCCC3)C2=O)c1C. The lowest BCUT2D eigenvalue weighted by Gasteiger charge is -2.20. The first-order chi connectivity index (χ1) is 12.4. The molecule has 138 valence electrons. The Morgan fingerprint density at radius 2 is 1.85 bits per heavy atom. The van der Waals surface area contributed by atoms with Gasteiger partial charge in [0.15, 0.2) is 5.78 Å². The van der Waals surface area contributed by atoms with Crippen LogP contribution in [0.4, 0.5) is 4.79 Å². The lowest BCUT2D eigenvalue weighted by Crippen LogP contribution is -2.41. The molecule has 2 heterocycles. The summed E-state index contributed by atoms with van der Waals surface area (Å²) in [4.78, 5) is 51.6. The van der Waals surface area contributed by atoms with E-state index in [9.17, 15) is 19.2 Å². The van der Waals surface area contributed by atoms with Crippen LogP contribution in [0.3, 0.4) is 0 Å². The molecule has 7 heteroatoms. The van der Waals surface area contributed by atoms with Crippen LogP contribution in [0.15, 0.2) is 18.7 Å².